The van der Waals surface area contributed by atoms with Gasteiger partial charge in [-0.2, -0.15) is 5.10 Å². The molecule has 14 heteroatoms. The fourth-order valence-corrected chi connectivity index (χ4v) is 11.3. The Bertz CT molecular complexity index is 2620. The summed E-state index contributed by atoms with van der Waals surface area (Å²) < 4.78 is 3.20. The van der Waals surface area contributed by atoms with Crippen molar-refractivity contribution in [1.29, 1.82) is 0 Å². The second kappa shape index (κ2) is 12.5. The number of benzene rings is 3. The van der Waals surface area contributed by atoms with Crippen LogP contribution in [0.25, 0.3) is 20.7 Å². The number of amides is 4. The number of rotatable bonds is 5. The smallest absolute Gasteiger partial charge is 0.335 e. The van der Waals surface area contributed by atoms with E-state index in [9.17, 15) is 29.4 Å². The number of hydrogen-bond acceptors (Lipinski definition) is 8. The second-order valence-electron chi connectivity index (χ2n) is 14.9. The molecule has 2 saturated heterocycles. The maximum Gasteiger partial charge on any atom is 0.335 e. The van der Waals surface area contributed by atoms with Crippen LogP contribution in [0.5, 0.6) is 5.75 Å². The lowest BCUT2D eigenvalue weighted by Gasteiger charge is -2.49. The molecule has 3 aromatic carbocycles. The molecule has 4 aliphatic rings. The first-order valence-corrected chi connectivity index (χ1v) is 19.7. The van der Waals surface area contributed by atoms with Crippen molar-refractivity contribution in [3.05, 3.63) is 105 Å². The lowest BCUT2D eigenvalue weighted by molar-refractivity contribution is -0.131. The quantitative estimate of drug-likeness (QED) is 0.134. The van der Waals surface area contributed by atoms with Gasteiger partial charge in [-0.3, -0.25) is 28.8 Å². The number of aromatic hydroxyl groups is 1. The zero-order valence-electron chi connectivity index (χ0n) is 29.6. The molecule has 4 amide bonds. The minimum absolute atomic E-state index is 0.0641. The van der Waals surface area contributed by atoms with Gasteiger partial charge in [0.25, 0.3) is 0 Å². The standard InChI is InChI=1S/C41H32BrClN4O7S/c1-18-25-15-21(43)8-12-31(25)55-35(18)29-17-32(45(3)44-29)47-37(50)28-16-26-23(34(41(28,2)40(47)54)27-14-20(42)7-11-30(27)48)9-10-24-33(26)38(51)46(36(24)49)22-6-4-5-19(13-22)39(52)53/h4-9,11-15,17,24,26,28,33-34,48H,10,16H2,1-3H3,(H,52,53). The van der Waals surface area contributed by atoms with Gasteiger partial charge in [0.05, 0.1) is 39.3 Å². The maximum atomic E-state index is 15.1. The predicted octanol–water partition coefficient (Wildman–Crippen LogP) is 7.87. The summed E-state index contributed by atoms with van der Waals surface area (Å²) in [6.07, 6.45) is 2.21. The number of nitrogens with zero attached hydrogens (tertiary/aromatic N) is 4. The third-order valence-electron chi connectivity index (χ3n) is 12.1. The Morgan fingerprint density at radius 3 is 2.53 bits per heavy atom. The Labute approximate surface area is 331 Å². The molecule has 278 valence electrons. The summed E-state index contributed by atoms with van der Waals surface area (Å²) in [7, 11) is 1.69. The summed E-state index contributed by atoms with van der Waals surface area (Å²) >= 11 is 11.4. The summed E-state index contributed by atoms with van der Waals surface area (Å²) in [6.45, 7) is 3.74. The van der Waals surface area contributed by atoms with E-state index in [2.05, 4.69) is 15.9 Å². The third-order valence-corrected chi connectivity index (χ3v) is 14.2. The number of phenolic OH excluding ortho intramolecular Hbond substituents is 1. The predicted molar refractivity (Wildman–Crippen MR) is 210 cm³/mol. The van der Waals surface area contributed by atoms with E-state index >= 15 is 4.79 Å². The largest absolute Gasteiger partial charge is 0.508 e. The van der Waals surface area contributed by atoms with E-state index in [4.69, 9.17) is 16.7 Å². The van der Waals surface area contributed by atoms with Gasteiger partial charge in [0, 0.05) is 38.8 Å². The number of carboxylic acids is 1. The molecule has 0 radical (unpaired) electrons. The van der Waals surface area contributed by atoms with Crippen LogP contribution >= 0.6 is 38.9 Å². The SMILES string of the molecule is Cc1c(-c2cc(N3C(=O)C4CC5C(=CCC6C(=O)N(c7cccc(C(=O)O)c7)C(=O)C65)C(c5cc(Br)ccc5O)C4(C)C3=O)n(C)n2)sc2ccc(Cl)cc12. The van der Waals surface area contributed by atoms with Crippen LogP contribution in [0.1, 0.15) is 47.2 Å². The van der Waals surface area contributed by atoms with E-state index in [1.807, 2.05) is 31.2 Å². The maximum absolute atomic E-state index is 15.1. The fourth-order valence-electron chi connectivity index (χ4n) is 9.58. The Balaban J connectivity index is 1.15. The molecule has 2 aliphatic carbocycles. The normalized spacial score (nSPS) is 26.1. The van der Waals surface area contributed by atoms with Crippen molar-refractivity contribution in [2.24, 2.45) is 36.1 Å². The zero-order valence-corrected chi connectivity index (χ0v) is 32.8. The molecule has 0 spiro atoms. The van der Waals surface area contributed by atoms with Crippen molar-refractivity contribution in [1.82, 2.24) is 9.78 Å². The highest BCUT2D eigenvalue weighted by Gasteiger charge is 2.68. The van der Waals surface area contributed by atoms with E-state index in [1.165, 1.54) is 39.9 Å². The summed E-state index contributed by atoms with van der Waals surface area (Å²) in [5, 5.41) is 27.4. The molecule has 1 saturated carbocycles. The zero-order chi connectivity index (χ0) is 38.8. The molecule has 0 bridgehead atoms. The first kappa shape index (κ1) is 35.6. The van der Waals surface area contributed by atoms with E-state index in [0.717, 1.165) is 25.4 Å². The number of carboxylic acid groups (broad SMARTS) is 1. The highest BCUT2D eigenvalue weighted by Crippen LogP contribution is 2.64. The van der Waals surface area contributed by atoms with Crippen molar-refractivity contribution >= 4 is 90.1 Å². The Morgan fingerprint density at radius 1 is 0.982 bits per heavy atom. The van der Waals surface area contributed by atoms with Gasteiger partial charge in [-0.05, 0) is 98.2 Å². The van der Waals surface area contributed by atoms with Crippen LogP contribution in [-0.2, 0) is 26.2 Å². The molecule has 6 atom stereocenters. The van der Waals surface area contributed by atoms with Gasteiger partial charge in [0.2, 0.25) is 23.6 Å². The van der Waals surface area contributed by atoms with E-state index in [0.29, 0.717) is 32.1 Å². The number of thiophene rings is 1. The van der Waals surface area contributed by atoms with E-state index < -0.39 is 64.6 Å². The Kier molecular flexibility index (Phi) is 8.06. The van der Waals surface area contributed by atoms with Gasteiger partial charge in [-0.15, -0.1) is 11.3 Å². The number of aryl methyl sites for hydroxylation is 2. The van der Waals surface area contributed by atoms with Gasteiger partial charge in [0.1, 0.15) is 17.3 Å². The molecule has 2 N–H and O–H groups in total. The minimum atomic E-state index is -1.39. The summed E-state index contributed by atoms with van der Waals surface area (Å²) in [5.74, 6) is -6.81. The van der Waals surface area contributed by atoms with Gasteiger partial charge in [-0.1, -0.05) is 45.2 Å². The topological polar surface area (TPSA) is 150 Å². The molecule has 6 unspecified atom stereocenters. The van der Waals surface area contributed by atoms with Crippen molar-refractivity contribution in [2.45, 2.75) is 32.6 Å². The molecule has 3 fully saturated rings. The number of carbonyl (C=O) groups excluding carboxylic acids is 4. The van der Waals surface area contributed by atoms with Gasteiger partial charge in [0.15, 0.2) is 0 Å². The van der Waals surface area contributed by atoms with Crippen LogP contribution < -0.4 is 9.80 Å². The number of hydrogen-bond donors (Lipinski definition) is 2. The van der Waals surface area contributed by atoms with E-state index in [-0.39, 0.29) is 29.8 Å². The van der Waals surface area contributed by atoms with Crippen molar-refractivity contribution in [3.63, 3.8) is 0 Å². The van der Waals surface area contributed by atoms with Gasteiger partial charge < -0.3 is 10.2 Å². The Hall–Kier alpha value is -5.11. The number of carbonyl (C=O) groups is 5. The first-order chi connectivity index (χ1) is 26.2. The van der Waals surface area contributed by atoms with Crippen LogP contribution in [0.15, 0.2) is 82.9 Å². The van der Waals surface area contributed by atoms with Crippen LogP contribution in [0.4, 0.5) is 11.5 Å². The van der Waals surface area contributed by atoms with Crippen molar-refractivity contribution in [3.8, 4) is 16.3 Å². The first-order valence-electron chi connectivity index (χ1n) is 17.7. The van der Waals surface area contributed by atoms with Crippen LogP contribution in [0.2, 0.25) is 5.02 Å². The Morgan fingerprint density at radius 2 is 1.76 bits per heavy atom. The molecular weight excluding hydrogens is 808 g/mol. The average molecular weight is 840 g/mol. The van der Waals surface area contributed by atoms with E-state index in [1.54, 1.807) is 43.5 Å². The molecule has 5 aromatic rings. The monoisotopic (exact) mass is 838 g/mol. The van der Waals surface area contributed by atoms with Crippen LogP contribution in [0.3, 0.4) is 0 Å². The van der Waals surface area contributed by atoms with Gasteiger partial charge in [-0.25, -0.2) is 9.69 Å². The number of allylic oxidation sites excluding steroid dienone is 2. The van der Waals surface area contributed by atoms with Crippen molar-refractivity contribution < 1.29 is 34.2 Å². The average Bonchev–Trinajstić information content (AvgIpc) is 3.82. The summed E-state index contributed by atoms with van der Waals surface area (Å²) in [4.78, 5) is 73.3. The molecule has 11 nitrogen and oxygen atoms in total. The summed E-state index contributed by atoms with van der Waals surface area (Å²) in [6, 6.07) is 18.1. The highest BCUT2D eigenvalue weighted by molar-refractivity contribution is 9.10. The number of anilines is 2. The number of fused-ring (bicyclic) bond motifs is 5. The second-order valence-corrected chi connectivity index (χ2v) is 17.3. The molecule has 2 aromatic heterocycles. The number of imide groups is 2. The van der Waals surface area contributed by atoms with Gasteiger partial charge >= 0.3 is 5.97 Å². The molecule has 55 heavy (non-hydrogen) atoms. The number of aromatic carboxylic acids is 1. The van der Waals surface area contributed by atoms with Crippen molar-refractivity contribution in [2.75, 3.05) is 9.80 Å². The molecule has 4 heterocycles. The lowest BCUT2D eigenvalue weighted by Crippen LogP contribution is -2.49. The van der Waals surface area contributed by atoms with Crippen LogP contribution in [-0.4, -0.2) is 49.6 Å². The van der Waals surface area contributed by atoms with Crippen LogP contribution in [0, 0.1) is 36.0 Å². The summed E-state index contributed by atoms with van der Waals surface area (Å²) in [5.41, 5.74) is 1.41. The molecular formula is C41H32BrClN4O7S. The number of aromatic nitrogens is 2. The highest BCUT2D eigenvalue weighted by atomic mass is 79.9. The number of halogens is 2. The molecule has 2 aliphatic heterocycles. The lowest BCUT2D eigenvalue weighted by atomic mass is 9.51. The molecule has 9 rings (SSSR count). The number of phenols is 1. The minimum Gasteiger partial charge on any atom is -0.508 e. The fraction of sp³-hybridized carbons (Fsp3) is 0.268. The third kappa shape index (κ3) is 5.05.